The van der Waals surface area contributed by atoms with E-state index in [1.807, 2.05) is 6.07 Å². The zero-order chi connectivity index (χ0) is 15.4. The maximum atomic E-state index is 6.00. The molecule has 1 N–H and O–H groups in total. The Hall–Kier alpha value is -1.02. The van der Waals surface area contributed by atoms with Crippen molar-refractivity contribution in [3.05, 3.63) is 29.8 Å². The van der Waals surface area contributed by atoms with Gasteiger partial charge in [0.1, 0.15) is 5.75 Å². The highest BCUT2D eigenvalue weighted by molar-refractivity contribution is 5.32. The quantitative estimate of drug-likeness (QED) is 0.833. The second-order valence-electron chi connectivity index (χ2n) is 7.77. The molecule has 0 bridgehead atoms. The second-order valence-corrected chi connectivity index (χ2v) is 7.77. The predicted molar refractivity (Wildman–Crippen MR) is 87.6 cm³/mol. The Labute approximate surface area is 124 Å². The lowest BCUT2D eigenvalue weighted by molar-refractivity contribution is 0.173. The van der Waals surface area contributed by atoms with Crippen molar-refractivity contribution in [1.29, 1.82) is 0 Å². The molecule has 0 spiro atoms. The minimum atomic E-state index is 0.127. The monoisotopic (exact) mass is 277 g/mol. The molecule has 0 heterocycles. The number of rotatable bonds is 6. The third kappa shape index (κ3) is 5.96. The molecule has 0 aromatic heterocycles. The molecule has 1 aromatic rings. The van der Waals surface area contributed by atoms with E-state index in [-0.39, 0.29) is 10.8 Å². The molecule has 0 unspecified atom stereocenters. The van der Waals surface area contributed by atoms with Crippen molar-refractivity contribution in [2.24, 2.45) is 5.41 Å². The van der Waals surface area contributed by atoms with Crippen LogP contribution >= 0.6 is 0 Å². The molecule has 0 aliphatic rings. The van der Waals surface area contributed by atoms with Crippen LogP contribution < -0.4 is 10.1 Å². The fraction of sp³-hybridized carbons (Fsp3) is 0.667. The van der Waals surface area contributed by atoms with Crippen molar-refractivity contribution in [3.63, 3.8) is 0 Å². The zero-order valence-corrected chi connectivity index (χ0v) is 14.2. The Morgan fingerprint density at radius 1 is 1.10 bits per heavy atom. The molecule has 1 rings (SSSR count). The van der Waals surface area contributed by atoms with E-state index in [1.165, 1.54) is 5.56 Å². The van der Waals surface area contributed by atoms with Crippen LogP contribution in [0, 0.1) is 5.41 Å². The van der Waals surface area contributed by atoms with Crippen molar-refractivity contribution in [2.75, 3.05) is 13.2 Å². The zero-order valence-electron chi connectivity index (χ0n) is 14.2. The molecule has 0 saturated heterocycles. The van der Waals surface area contributed by atoms with Gasteiger partial charge in [0.25, 0.3) is 0 Å². The number of benzene rings is 1. The van der Waals surface area contributed by atoms with E-state index in [0.717, 1.165) is 18.9 Å². The SMILES string of the molecule is CC(C)NCC(C)(C)COc1cccc(C(C)(C)C)c1. The van der Waals surface area contributed by atoms with E-state index < -0.39 is 0 Å². The Balaban J connectivity index is 2.61. The van der Waals surface area contributed by atoms with Crippen molar-refractivity contribution in [2.45, 2.75) is 59.9 Å². The Morgan fingerprint density at radius 2 is 1.75 bits per heavy atom. The van der Waals surface area contributed by atoms with E-state index in [4.69, 9.17) is 4.74 Å². The van der Waals surface area contributed by atoms with Gasteiger partial charge in [-0.05, 0) is 23.1 Å². The third-order valence-corrected chi connectivity index (χ3v) is 3.32. The number of nitrogens with one attached hydrogen (secondary N) is 1. The van der Waals surface area contributed by atoms with E-state index in [2.05, 4.69) is 72.0 Å². The standard InChI is InChI=1S/C18H31NO/c1-14(2)19-12-18(6,7)13-20-16-10-8-9-15(11-16)17(3,4)5/h8-11,14,19H,12-13H2,1-7H3. The van der Waals surface area contributed by atoms with E-state index in [9.17, 15) is 0 Å². The first-order valence-electron chi connectivity index (χ1n) is 7.57. The van der Waals surface area contributed by atoms with Gasteiger partial charge in [-0.3, -0.25) is 0 Å². The van der Waals surface area contributed by atoms with E-state index >= 15 is 0 Å². The first-order valence-corrected chi connectivity index (χ1v) is 7.57. The molecule has 2 nitrogen and oxygen atoms in total. The molecule has 114 valence electrons. The van der Waals surface area contributed by atoms with E-state index in [1.54, 1.807) is 0 Å². The lowest BCUT2D eigenvalue weighted by Crippen LogP contribution is -2.37. The summed E-state index contributed by atoms with van der Waals surface area (Å²) in [5.74, 6) is 0.968. The van der Waals surface area contributed by atoms with Crippen LogP contribution in [-0.2, 0) is 5.41 Å². The number of hydrogen-bond donors (Lipinski definition) is 1. The highest BCUT2D eigenvalue weighted by Crippen LogP contribution is 2.26. The normalized spacial score (nSPS) is 12.8. The topological polar surface area (TPSA) is 21.3 Å². The van der Waals surface area contributed by atoms with Crippen LogP contribution in [0.3, 0.4) is 0 Å². The van der Waals surface area contributed by atoms with Crippen molar-refractivity contribution in [1.82, 2.24) is 5.32 Å². The Morgan fingerprint density at radius 3 is 2.30 bits per heavy atom. The summed E-state index contributed by atoms with van der Waals surface area (Å²) in [7, 11) is 0. The molecule has 0 amide bonds. The summed E-state index contributed by atoms with van der Waals surface area (Å²) in [6, 6.07) is 8.96. The molecular weight excluding hydrogens is 246 g/mol. The van der Waals surface area contributed by atoms with Crippen LogP contribution in [0.1, 0.15) is 54.0 Å². The van der Waals surface area contributed by atoms with Crippen LogP contribution in [0.2, 0.25) is 0 Å². The van der Waals surface area contributed by atoms with Crippen LogP contribution in [0.15, 0.2) is 24.3 Å². The molecule has 20 heavy (non-hydrogen) atoms. The minimum Gasteiger partial charge on any atom is -0.493 e. The van der Waals surface area contributed by atoms with E-state index in [0.29, 0.717) is 6.04 Å². The van der Waals surface area contributed by atoms with Gasteiger partial charge in [0, 0.05) is 18.0 Å². The van der Waals surface area contributed by atoms with Crippen LogP contribution in [-0.4, -0.2) is 19.2 Å². The average molecular weight is 277 g/mol. The van der Waals surface area contributed by atoms with Gasteiger partial charge in [-0.25, -0.2) is 0 Å². The highest BCUT2D eigenvalue weighted by atomic mass is 16.5. The summed E-state index contributed by atoms with van der Waals surface area (Å²) in [4.78, 5) is 0. The summed E-state index contributed by atoms with van der Waals surface area (Å²) >= 11 is 0. The first kappa shape index (κ1) is 17.0. The Kier molecular flexibility index (Phi) is 5.64. The van der Waals surface area contributed by atoms with Gasteiger partial charge in [-0.15, -0.1) is 0 Å². The van der Waals surface area contributed by atoms with Crippen molar-refractivity contribution < 1.29 is 4.74 Å². The molecule has 2 heteroatoms. The molecule has 0 saturated carbocycles. The fourth-order valence-corrected chi connectivity index (χ4v) is 1.86. The fourth-order valence-electron chi connectivity index (χ4n) is 1.86. The maximum Gasteiger partial charge on any atom is 0.119 e. The second kappa shape index (κ2) is 6.62. The van der Waals surface area contributed by atoms with Gasteiger partial charge in [0.05, 0.1) is 6.61 Å². The van der Waals surface area contributed by atoms with Gasteiger partial charge in [-0.1, -0.05) is 60.6 Å². The van der Waals surface area contributed by atoms with Gasteiger partial charge in [-0.2, -0.15) is 0 Å². The summed E-state index contributed by atoms with van der Waals surface area (Å²) in [6.07, 6.45) is 0. The highest BCUT2D eigenvalue weighted by Gasteiger charge is 2.20. The lowest BCUT2D eigenvalue weighted by atomic mass is 9.87. The summed E-state index contributed by atoms with van der Waals surface area (Å²) in [5.41, 5.74) is 1.60. The molecule has 0 fully saturated rings. The number of ether oxygens (including phenoxy) is 1. The van der Waals surface area contributed by atoms with Gasteiger partial charge >= 0.3 is 0 Å². The molecule has 0 atom stereocenters. The van der Waals surface area contributed by atoms with Crippen LogP contribution in [0.5, 0.6) is 5.75 Å². The maximum absolute atomic E-state index is 6.00. The smallest absolute Gasteiger partial charge is 0.119 e. The summed E-state index contributed by atoms with van der Waals surface area (Å²) in [6.45, 7) is 17.2. The van der Waals surface area contributed by atoms with Gasteiger partial charge in [0.15, 0.2) is 0 Å². The summed E-state index contributed by atoms with van der Waals surface area (Å²) < 4.78 is 6.00. The minimum absolute atomic E-state index is 0.127. The third-order valence-electron chi connectivity index (χ3n) is 3.32. The Bertz CT molecular complexity index is 416. The first-order chi connectivity index (χ1) is 9.10. The van der Waals surface area contributed by atoms with Crippen LogP contribution in [0.25, 0.3) is 0 Å². The van der Waals surface area contributed by atoms with Crippen molar-refractivity contribution >= 4 is 0 Å². The van der Waals surface area contributed by atoms with Gasteiger partial charge < -0.3 is 10.1 Å². The summed E-state index contributed by atoms with van der Waals surface area (Å²) in [5, 5.41) is 3.48. The number of hydrogen-bond acceptors (Lipinski definition) is 2. The molecule has 0 aliphatic heterocycles. The molecular formula is C18H31NO. The lowest BCUT2D eigenvalue weighted by Gasteiger charge is -2.27. The van der Waals surface area contributed by atoms with Gasteiger partial charge in [0.2, 0.25) is 0 Å². The molecule has 0 aliphatic carbocycles. The van der Waals surface area contributed by atoms with Crippen molar-refractivity contribution in [3.8, 4) is 5.75 Å². The molecule has 0 radical (unpaired) electrons. The predicted octanol–water partition coefficient (Wildman–Crippen LogP) is 4.39. The average Bonchev–Trinajstić information content (AvgIpc) is 2.34. The molecule has 1 aromatic carbocycles. The largest absolute Gasteiger partial charge is 0.493 e. The van der Waals surface area contributed by atoms with Crippen LogP contribution in [0.4, 0.5) is 0 Å².